The van der Waals surface area contributed by atoms with Gasteiger partial charge in [-0.15, -0.1) is 6.58 Å². The fourth-order valence-electron chi connectivity index (χ4n) is 2.37. The highest BCUT2D eigenvalue weighted by molar-refractivity contribution is 7.89. The van der Waals surface area contributed by atoms with Crippen LogP contribution in [0.5, 0.6) is 11.5 Å². The number of nitrogens with one attached hydrogen (secondary N) is 1. The molecule has 0 aliphatic heterocycles. The van der Waals surface area contributed by atoms with Gasteiger partial charge in [-0.25, -0.2) is 8.42 Å². The Bertz CT molecular complexity index is 932. The van der Waals surface area contributed by atoms with Crippen molar-refractivity contribution in [3.05, 3.63) is 61.2 Å². The van der Waals surface area contributed by atoms with E-state index in [0.717, 1.165) is 4.31 Å². The molecule has 0 aromatic heterocycles. The van der Waals surface area contributed by atoms with Crippen LogP contribution in [0.1, 0.15) is 0 Å². The molecule has 29 heavy (non-hydrogen) atoms. The number of carbonyl (C=O) groups excluding carboxylic acids is 1. The third-order valence-corrected chi connectivity index (χ3v) is 5.54. The molecule has 7 nitrogen and oxygen atoms in total. The maximum absolute atomic E-state index is 12.8. The molecule has 2 aromatic rings. The van der Waals surface area contributed by atoms with E-state index in [2.05, 4.69) is 16.6 Å². The first-order chi connectivity index (χ1) is 13.8. The minimum atomic E-state index is -3.95. The van der Waals surface area contributed by atoms with Crippen molar-refractivity contribution >= 4 is 21.6 Å². The fourth-order valence-corrected chi connectivity index (χ4v) is 3.74. The van der Waals surface area contributed by atoms with Gasteiger partial charge in [0.1, 0.15) is 11.5 Å². The van der Waals surface area contributed by atoms with Gasteiger partial charge in [0.25, 0.3) is 0 Å². The molecule has 0 bridgehead atoms. The average Bonchev–Trinajstić information content (AvgIpc) is 2.69. The van der Waals surface area contributed by atoms with Crippen molar-refractivity contribution in [3.8, 4) is 11.5 Å². The quantitative estimate of drug-likeness (QED) is 0.590. The molecule has 0 saturated heterocycles. The number of anilines is 1. The summed E-state index contributed by atoms with van der Waals surface area (Å²) in [6.45, 7) is 0.0309. The molecular formula is C19H20F2N2O5S. The van der Waals surface area contributed by atoms with Gasteiger partial charge in [-0.2, -0.15) is 13.1 Å². The summed E-state index contributed by atoms with van der Waals surface area (Å²) in [5.74, 6) is -0.170. The van der Waals surface area contributed by atoms with Crippen molar-refractivity contribution in [1.29, 1.82) is 0 Å². The van der Waals surface area contributed by atoms with Gasteiger partial charge in [-0.3, -0.25) is 4.79 Å². The lowest BCUT2D eigenvalue weighted by Gasteiger charge is -2.20. The number of ether oxygens (including phenoxy) is 2. The van der Waals surface area contributed by atoms with E-state index in [9.17, 15) is 22.0 Å². The number of sulfonamides is 1. The Kier molecular flexibility index (Phi) is 7.68. The van der Waals surface area contributed by atoms with Crippen LogP contribution in [0.25, 0.3) is 0 Å². The Labute approximate surface area is 167 Å². The first-order valence-corrected chi connectivity index (χ1v) is 9.80. The number of benzene rings is 2. The normalized spacial score (nSPS) is 11.3. The zero-order valence-corrected chi connectivity index (χ0v) is 16.4. The summed E-state index contributed by atoms with van der Waals surface area (Å²) < 4.78 is 60.2. The number of halogens is 2. The average molecular weight is 426 g/mol. The number of alkyl halides is 2. The monoisotopic (exact) mass is 426 g/mol. The lowest BCUT2D eigenvalue weighted by molar-refractivity contribution is -0.116. The lowest BCUT2D eigenvalue weighted by atomic mass is 10.3. The Morgan fingerprint density at radius 2 is 1.72 bits per heavy atom. The zero-order chi connectivity index (χ0) is 21.4. The second-order valence-corrected chi connectivity index (χ2v) is 7.65. The number of nitrogens with zero attached hydrogens (tertiary/aromatic N) is 1. The number of hydrogen-bond donors (Lipinski definition) is 1. The van der Waals surface area contributed by atoms with Crippen LogP contribution in [0.15, 0.2) is 66.1 Å². The maximum atomic E-state index is 12.8. The molecule has 0 aliphatic carbocycles. The number of methoxy groups -OCH3 is 1. The zero-order valence-electron chi connectivity index (χ0n) is 15.5. The van der Waals surface area contributed by atoms with Crippen LogP contribution < -0.4 is 14.8 Å². The van der Waals surface area contributed by atoms with Gasteiger partial charge >= 0.3 is 6.61 Å². The predicted molar refractivity (Wildman–Crippen MR) is 104 cm³/mol. The summed E-state index contributed by atoms with van der Waals surface area (Å²) in [5, 5.41) is 2.51. The van der Waals surface area contributed by atoms with Crippen LogP contribution in [-0.2, 0) is 14.8 Å². The van der Waals surface area contributed by atoms with Crippen molar-refractivity contribution in [3.63, 3.8) is 0 Å². The molecule has 0 atom stereocenters. The Morgan fingerprint density at radius 3 is 2.24 bits per heavy atom. The largest absolute Gasteiger partial charge is 0.497 e. The third kappa shape index (κ3) is 6.26. The molecule has 0 heterocycles. The van der Waals surface area contributed by atoms with E-state index in [1.165, 1.54) is 61.7 Å². The molecule has 1 amide bonds. The van der Waals surface area contributed by atoms with E-state index in [1.807, 2.05) is 0 Å². The Hall–Kier alpha value is -2.98. The number of amides is 1. The molecule has 2 rings (SSSR count). The van der Waals surface area contributed by atoms with Crippen LogP contribution in [0.2, 0.25) is 0 Å². The molecule has 1 N–H and O–H groups in total. The van der Waals surface area contributed by atoms with Crippen LogP contribution in [0.4, 0.5) is 14.5 Å². The van der Waals surface area contributed by atoms with Crippen molar-refractivity contribution in [2.24, 2.45) is 0 Å². The molecular weight excluding hydrogens is 406 g/mol. The predicted octanol–water partition coefficient (Wildman–Crippen LogP) is 3.11. The topological polar surface area (TPSA) is 84.9 Å². The van der Waals surface area contributed by atoms with Gasteiger partial charge in [-0.05, 0) is 48.5 Å². The molecule has 0 radical (unpaired) electrons. The number of hydrogen-bond acceptors (Lipinski definition) is 5. The molecule has 0 saturated carbocycles. The highest BCUT2D eigenvalue weighted by Crippen LogP contribution is 2.20. The molecule has 2 aromatic carbocycles. The SMILES string of the molecule is C=CCN(CC(=O)Nc1ccc(OC(F)F)cc1)S(=O)(=O)c1ccc(OC)cc1. The minimum Gasteiger partial charge on any atom is -0.497 e. The Balaban J connectivity index is 2.10. The van der Waals surface area contributed by atoms with E-state index in [1.54, 1.807) is 0 Å². The van der Waals surface area contributed by atoms with Crippen LogP contribution in [-0.4, -0.2) is 45.4 Å². The minimum absolute atomic E-state index is 0.00134. The van der Waals surface area contributed by atoms with E-state index in [-0.39, 0.29) is 17.2 Å². The maximum Gasteiger partial charge on any atom is 0.387 e. The van der Waals surface area contributed by atoms with Crippen molar-refractivity contribution in [2.45, 2.75) is 11.5 Å². The second-order valence-electron chi connectivity index (χ2n) is 5.71. The first-order valence-electron chi connectivity index (χ1n) is 8.36. The van der Waals surface area contributed by atoms with Crippen LogP contribution >= 0.6 is 0 Å². The van der Waals surface area contributed by atoms with Gasteiger partial charge in [0.2, 0.25) is 15.9 Å². The lowest BCUT2D eigenvalue weighted by Crippen LogP contribution is -2.38. The summed E-state index contributed by atoms with van der Waals surface area (Å²) in [6.07, 6.45) is 1.37. The van der Waals surface area contributed by atoms with Crippen LogP contribution in [0.3, 0.4) is 0 Å². The molecule has 156 valence electrons. The highest BCUT2D eigenvalue weighted by Gasteiger charge is 2.25. The van der Waals surface area contributed by atoms with Gasteiger partial charge in [0, 0.05) is 12.2 Å². The molecule has 10 heteroatoms. The first kappa shape index (κ1) is 22.3. The fraction of sp³-hybridized carbons (Fsp3) is 0.211. The van der Waals surface area contributed by atoms with E-state index < -0.39 is 29.1 Å². The molecule has 0 aliphatic rings. The summed E-state index contributed by atoms with van der Waals surface area (Å²) in [6, 6.07) is 11.0. The van der Waals surface area contributed by atoms with Gasteiger partial charge in [-0.1, -0.05) is 6.08 Å². The third-order valence-electron chi connectivity index (χ3n) is 3.71. The second kappa shape index (κ2) is 9.99. The molecule has 0 unspecified atom stereocenters. The number of rotatable bonds is 10. The van der Waals surface area contributed by atoms with Gasteiger partial charge < -0.3 is 14.8 Å². The van der Waals surface area contributed by atoms with Gasteiger partial charge in [0.05, 0.1) is 18.6 Å². The van der Waals surface area contributed by atoms with E-state index >= 15 is 0 Å². The summed E-state index contributed by atoms with van der Waals surface area (Å²) in [4.78, 5) is 12.3. The summed E-state index contributed by atoms with van der Waals surface area (Å²) >= 11 is 0. The summed E-state index contributed by atoms with van der Waals surface area (Å²) in [7, 11) is -2.49. The van der Waals surface area contributed by atoms with E-state index in [4.69, 9.17) is 4.74 Å². The van der Waals surface area contributed by atoms with Crippen molar-refractivity contribution < 1.29 is 31.5 Å². The van der Waals surface area contributed by atoms with E-state index in [0.29, 0.717) is 11.4 Å². The van der Waals surface area contributed by atoms with Crippen molar-refractivity contribution in [1.82, 2.24) is 4.31 Å². The number of carbonyl (C=O) groups is 1. The Morgan fingerprint density at radius 1 is 1.14 bits per heavy atom. The van der Waals surface area contributed by atoms with Crippen molar-refractivity contribution in [2.75, 3.05) is 25.5 Å². The molecule has 0 fully saturated rings. The standard InChI is InChI=1S/C19H20F2N2O5S/c1-3-12-23(29(25,26)17-10-8-15(27-2)9-11-17)13-18(24)22-14-4-6-16(7-5-14)28-19(20)21/h3-11,19H,1,12-13H2,2H3,(H,22,24). The highest BCUT2D eigenvalue weighted by atomic mass is 32.2. The smallest absolute Gasteiger partial charge is 0.387 e. The van der Waals surface area contributed by atoms with Gasteiger partial charge in [0.15, 0.2) is 0 Å². The molecule has 0 spiro atoms. The summed E-state index contributed by atoms with van der Waals surface area (Å²) in [5.41, 5.74) is 0.303. The van der Waals surface area contributed by atoms with Crippen LogP contribution in [0, 0.1) is 0 Å².